The van der Waals surface area contributed by atoms with E-state index in [1.165, 1.54) is 0 Å². The number of nitrogens with zero attached hydrogens (tertiary/aromatic N) is 2. The molecule has 1 aliphatic heterocycles. The van der Waals surface area contributed by atoms with E-state index in [4.69, 9.17) is 32.5 Å². The number of methoxy groups -OCH3 is 1. The molecule has 2 heterocycles. The summed E-state index contributed by atoms with van der Waals surface area (Å²) in [6.07, 6.45) is 0.991. The van der Waals surface area contributed by atoms with E-state index in [9.17, 15) is 0 Å². The molecule has 0 bridgehead atoms. The van der Waals surface area contributed by atoms with Gasteiger partial charge in [-0.1, -0.05) is 28.4 Å². The van der Waals surface area contributed by atoms with Crippen LogP contribution in [0.3, 0.4) is 0 Å². The second-order valence-corrected chi connectivity index (χ2v) is 5.54. The van der Waals surface area contributed by atoms with E-state index >= 15 is 0 Å². The average Bonchev–Trinajstić information content (AvgIpc) is 3.06. The summed E-state index contributed by atoms with van der Waals surface area (Å²) >= 11 is 11.9. The van der Waals surface area contributed by atoms with Gasteiger partial charge in [-0.05, 0) is 24.6 Å². The number of ether oxygens (including phenoxy) is 1. The van der Waals surface area contributed by atoms with Gasteiger partial charge in [-0.15, -0.1) is 0 Å². The SMILES string of the molecule is CO[C@@H]1CN[C@@H](c2nc(-c3cc(Cl)cc(Cl)c3)no2)C1. The molecule has 106 valence electrons. The minimum absolute atomic E-state index is 0.0239. The van der Waals surface area contributed by atoms with Crippen LogP contribution < -0.4 is 5.32 Å². The van der Waals surface area contributed by atoms with Crippen LogP contribution in [0, 0.1) is 0 Å². The van der Waals surface area contributed by atoms with Crippen molar-refractivity contribution in [3.8, 4) is 11.4 Å². The van der Waals surface area contributed by atoms with E-state index in [0.29, 0.717) is 21.8 Å². The van der Waals surface area contributed by atoms with E-state index < -0.39 is 0 Å². The predicted molar refractivity (Wildman–Crippen MR) is 75.9 cm³/mol. The molecule has 0 aliphatic carbocycles. The Morgan fingerprint density at radius 2 is 2.05 bits per heavy atom. The second kappa shape index (κ2) is 5.69. The van der Waals surface area contributed by atoms with Gasteiger partial charge >= 0.3 is 0 Å². The summed E-state index contributed by atoms with van der Waals surface area (Å²) < 4.78 is 10.6. The molecule has 2 aromatic rings. The maximum absolute atomic E-state index is 5.97. The fourth-order valence-corrected chi connectivity index (χ4v) is 2.77. The third-order valence-electron chi connectivity index (χ3n) is 3.28. The lowest BCUT2D eigenvalue weighted by Crippen LogP contribution is -2.16. The summed E-state index contributed by atoms with van der Waals surface area (Å²) in [7, 11) is 1.70. The van der Waals surface area contributed by atoms with Crippen molar-refractivity contribution in [3.05, 3.63) is 34.1 Å². The van der Waals surface area contributed by atoms with Crippen molar-refractivity contribution in [1.82, 2.24) is 15.5 Å². The molecule has 2 atom stereocenters. The minimum atomic E-state index is 0.0239. The van der Waals surface area contributed by atoms with E-state index in [-0.39, 0.29) is 12.1 Å². The zero-order valence-electron chi connectivity index (χ0n) is 10.8. The van der Waals surface area contributed by atoms with Crippen LogP contribution in [0.1, 0.15) is 18.4 Å². The van der Waals surface area contributed by atoms with Crippen molar-refractivity contribution < 1.29 is 9.26 Å². The van der Waals surface area contributed by atoms with Crippen molar-refractivity contribution in [1.29, 1.82) is 0 Å². The van der Waals surface area contributed by atoms with E-state index in [1.807, 2.05) is 0 Å². The Hall–Kier alpha value is -1.14. The van der Waals surface area contributed by atoms with Crippen LogP contribution in [0.15, 0.2) is 22.7 Å². The highest BCUT2D eigenvalue weighted by molar-refractivity contribution is 6.35. The molecule has 1 aliphatic rings. The fourth-order valence-electron chi connectivity index (χ4n) is 2.25. The average molecular weight is 314 g/mol. The summed E-state index contributed by atoms with van der Waals surface area (Å²) in [6.45, 7) is 0.780. The van der Waals surface area contributed by atoms with Crippen LogP contribution in [0.2, 0.25) is 10.0 Å². The molecular formula is C13H13Cl2N3O2. The van der Waals surface area contributed by atoms with Crippen molar-refractivity contribution in [2.75, 3.05) is 13.7 Å². The molecule has 0 spiro atoms. The monoisotopic (exact) mass is 313 g/mol. The summed E-state index contributed by atoms with van der Waals surface area (Å²) in [5.41, 5.74) is 0.735. The first kappa shape index (κ1) is 13.8. The van der Waals surface area contributed by atoms with Gasteiger partial charge < -0.3 is 14.6 Å². The number of hydrogen-bond acceptors (Lipinski definition) is 5. The largest absolute Gasteiger partial charge is 0.380 e. The molecule has 5 nitrogen and oxygen atoms in total. The maximum Gasteiger partial charge on any atom is 0.244 e. The van der Waals surface area contributed by atoms with Crippen LogP contribution in [-0.4, -0.2) is 29.9 Å². The highest BCUT2D eigenvalue weighted by atomic mass is 35.5. The van der Waals surface area contributed by atoms with Crippen molar-refractivity contribution >= 4 is 23.2 Å². The predicted octanol–water partition coefficient (Wildman–Crippen LogP) is 3.09. The highest BCUT2D eigenvalue weighted by Gasteiger charge is 2.29. The quantitative estimate of drug-likeness (QED) is 0.943. The minimum Gasteiger partial charge on any atom is -0.380 e. The van der Waals surface area contributed by atoms with Gasteiger partial charge in [0.05, 0.1) is 12.1 Å². The molecule has 1 fully saturated rings. The molecule has 0 unspecified atom stereocenters. The Kier molecular flexibility index (Phi) is 3.94. The summed E-state index contributed by atoms with van der Waals surface area (Å²) in [4.78, 5) is 4.40. The normalized spacial score (nSPS) is 22.4. The number of aromatic nitrogens is 2. The first-order valence-corrected chi connectivity index (χ1v) is 6.97. The molecule has 0 amide bonds. The van der Waals surface area contributed by atoms with E-state index in [1.54, 1.807) is 25.3 Å². The lowest BCUT2D eigenvalue weighted by molar-refractivity contribution is 0.116. The molecule has 0 saturated carbocycles. The lowest BCUT2D eigenvalue weighted by atomic mass is 10.2. The zero-order valence-corrected chi connectivity index (χ0v) is 12.3. The van der Waals surface area contributed by atoms with Gasteiger partial charge in [-0.2, -0.15) is 4.98 Å². The standard InChI is InChI=1S/C13H13Cl2N3O2/c1-19-10-5-11(16-6-10)13-17-12(18-20-13)7-2-8(14)4-9(15)3-7/h2-4,10-11,16H,5-6H2,1H3/t10-,11+/m0/s1. The van der Waals surface area contributed by atoms with Gasteiger partial charge in [0.1, 0.15) is 0 Å². The van der Waals surface area contributed by atoms with Gasteiger partial charge in [0.2, 0.25) is 11.7 Å². The van der Waals surface area contributed by atoms with Gasteiger partial charge in [-0.25, -0.2) is 0 Å². The maximum atomic E-state index is 5.97. The molecular weight excluding hydrogens is 301 g/mol. The number of hydrogen-bond donors (Lipinski definition) is 1. The summed E-state index contributed by atoms with van der Waals surface area (Å²) in [6, 6.07) is 5.19. The molecule has 1 aromatic carbocycles. The Morgan fingerprint density at radius 3 is 2.70 bits per heavy atom. The number of benzene rings is 1. The van der Waals surface area contributed by atoms with Gasteiger partial charge in [0, 0.05) is 29.3 Å². The second-order valence-electron chi connectivity index (χ2n) is 4.67. The first-order valence-electron chi connectivity index (χ1n) is 6.22. The Morgan fingerprint density at radius 1 is 1.30 bits per heavy atom. The van der Waals surface area contributed by atoms with Crippen molar-refractivity contribution in [2.24, 2.45) is 0 Å². The van der Waals surface area contributed by atoms with Crippen molar-refractivity contribution in [2.45, 2.75) is 18.6 Å². The third-order valence-corrected chi connectivity index (χ3v) is 3.72. The van der Waals surface area contributed by atoms with Crippen LogP contribution >= 0.6 is 23.2 Å². The summed E-state index contributed by atoms with van der Waals surface area (Å²) in [5.74, 6) is 1.03. The van der Waals surface area contributed by atoms with Crippen LogP contribution in [0.4, 0.5) is 0 Å². The van der Waals surface area contributed by atoms with E-state index in [0.717, 1.165) is 18.5 Å². The molecule has 1 aromatic heterocycles. The summed E-state index contributed by atoms with van der Waals surface area (Å²) in [5, 5.41) is 8.35. The van der Waals surface area contributed by atoms with Crippen LogP contribution in [0.5, 0.6) is 0 Å². The molecule has 7 heteroatoms. The highest BCUT2D eigenvalue weighted by Crippen LogP contribution is 2.28. The molecule has 3 rings (SSSR count). The van der Waals surface area contributed by atoms with Crippen LogP contribution in [-0.2, 0) is 4.74 Å². The third kappa shape index (κ3) is 2.81. The fraction of sp³-hybridized carbons (Fsp3) is 0.385. The number of halogens is 2. The van der Waals surface area contributed by atoms with Gasteiger partial charge in [-0.3, -0.25) is 0 Å². The Balaban J connectivity index is 1.83. The molecule has 1 N–H and O–H groups in total. The van der Waals surface area contributed by atoms with Crippen LogP contribution in [0.25, 0.3) is 11.4 Å². The Labute approximate surface area is 126 Å². The van der Waals surface area contributed by atoms with Gasteiger partial charge in [0.15, 0.2) is 0 Å². The van der Waals surface area contributed by atoms with Crippen molar-refractivity contribution in [3.63, 3.8) is 0 Å². The number of nitrogens with one attached hydrogen (secondary N) is 1. The lowest BCUT2D eigenvalue weighted by Gasteiger charge is -2.04. The zero-order chi connectivity index (χ0) is 14.1. The van der Waals surface area contributed by atoms with Gasteiger partial charge in [0.25, 0.3) is 0 Å². The molecule has 0 radical (unpaired) electrons. The molecule has 1 saturated heterocycles. The Bertz CT molecular complexity index is 597. The first-order chi connectivity index (χ1) is 9.65. The molecule has 20 heavy (non-hydrogen) atoms. The van der Waals surface area contributed by atoms with E-state index in [2.05, 4.69) is 15.5 Å². The number of rotatable bonds is 3. The smallest absolute Gasteiger partial charge is 0.244 e. The topological polar surface area (TPSA) is 60.2 Å².